The number of hydrogen-bond acceptors (Lipinski definition) is 3. The fourth-order valence-corrected chi connectivity index (χ4v) is 4.46. The lowest BCUT2D eigenvalue weighted by Gasteiger charge is -2.35. The highest BCUT2D eigenvalue weighted by molar-refractivity contribution is 5.84. The molecule has 28 heavy (non-hydrogen) atoms. The summed E-state index contributed by atoms with van der Waals surface area (Å²) in [5.74, 6) is 1.98. The predicted molar refractivity (Wildman–Crippen MR) is 108 cm³/mol. The van der Waals surface area contributed by atoms with Crippen molar-refractivity contribution in [2.75, 3.05) is 6.54 Å². The number of aromatic nitrogens is 4. The van der Waals surface area contributed by atoms with E-state index < -0.39 is 0 Å². The van der Waals surface area contributed by atoms with Crippen molar-refractivity contribution in [3.63, 3.8) is 0 Å². The lowest BCUT2D eigenvalue weighted by molar-refractivity contribution is -0.135. The topological polar surface area (TPSA) is 66.8 Å². The number of nitrogens with one attached hydrogen (secondary N) is 1. The summed E-state index contributed by atoms with van der Waals surface area (Å²) >= 11 is 0. The third kappa shape index (κ3) is 3.43. The number of hydrogen-bond donors (Lipinski definition) is 1. The second-order valence-electron chi connectivity index (χ2n) is 8.24. The summed E-state index contributed by atoms with van der Waals surface area (Å²) in [6.07, 6.45) is 11.0. The SMILES string of the molecule is O=C(CCc1c[nH]c2ccccc12)N1CCCCC1c1nncn1CC1CC1. The molecule has 3 heterocycles. The maximum atomic E-state index is 13.1. The van der Waals surface area contributed by atoms with Gasteiger partial charge in [0.1, 0.15) is 6.33 Å². The molecule has 2 aromatic heterocycles. The molecule has 1 atom stereocenters. The van der Waals surface area contributed by atoms with Crippen LogP contribution >= 0.6 is 0 Å². The molecule has 1 saturated carbocycles. The zero-order valence-corrected chi connectivity index (χ0v) is 16.2. The third-order valence-corrected chi connectivity index (χ3v) is 6.20. The van der Waals surface area contributed by atoms with Crippen molar-refractivity contribution in [3.05, 3.63) is 48.2 Å². The van der Waals surface area contributed by atoms with Gasteiger partial charge < -0.3 is 14.5 Å². The molecule has 0 radical (unpaired) electrons. The quantitative estimate of drug-likeness (QED) is 0.709. The van der Waals surface area contributed by atoms with Gasteiger partial charge in [-0.25, -0.2) is 0 Å². The third-order valence-electron chi connectivity index (χ3n) is 6.20. The van der Waals surface area contributed by atoms with Gasteiger partial charge in [-0.15, -0.1) is 10.2 Å². The molecular formula is C22H27N5O. The highest BCUT2D eigenvalue weighted by Gasteiger charge is 2.32. The maximum absolute atomic E-state index is 13.1. The number of nitrogens with zero attached hydrogens (tertiary/aromatic N) is 4. The summed E-state index contributed by atoms with van der Waals surface area (Å²) in [6.45, 7) is 1.82. The highest BCUT2D eigenvalue weighted by atomic mass is 16.2. The van der Waals surface area contributed by atoms with E-state index in [1.807, 2.05) is 18.6 Å². The molecule has 5 rings (SSSR count). The molecule has 0 bridgehead atoms. The normalized spacial score (nSPS) is 20.0. The van der Waals surface area contributed by atoms with Crippen LogP contribution in [0.1, 0.15) is 56.0 Å². The summed E-state index contributed by atoms with van der Waals surface area (Å²) in [5, 5.41) is 9.80. The van der Waals surface area contributed by atoms with Gasteiger partial charge >= 0.3 is 0 Å². The number of benzene rings is 1. The minimum Gasteiger partial charge on any atom is -0.361 e. The van der Waals surface area contributed by atoms with Gasteiger partial charge in [0.25, 0.3) is 0 Å². The van der Waals surface area contributed by atoms with E-state index in [-0.39, 0.29) is 11.9 Å². The molecule has 146 valence electrons. The number of rotatable bonds is 6. The summed E-state index contributed by atoms with van der Waals surface area (Å²) in [4.78, 5) is 18.5. The average Bonchev–Trinajstić information content (AvgIpc) is 3.27. The number of carbonyl (C=O) groups is 1. The van der Waals surface area contributed by atoms with E-state index in [1.54, 1.807) is 0 Å². The lowest BCUT2D eigenvalue weighted by Crippen LogP contribution is -2.39. The molecule has 1 aliphatic heterocycles. The maximum Gasteiger partial charge on any atom is 0.223 e. The number of piperidine rings is 1. The van der Waals surface area contributed by atoms with Crippen LogP contribution in [-0.4, -0.2) is 37.1 Å². The van der Waals surface area contributed by atoms with Gasteiger partial charge in [0, 0.05) is 36.6 Å². The second-order valence-corrected chi connectivity index (χ2v) is 8.24. The van der Waals surface area contributed by atoms with E-state index in [0.29, 0.717) is 6.42 Å². The number of fused-ring (bicyclic) bond motifs is 1. The molecular weight excluding hydrogens is 350 g/mol. The number of amides is 1. The minimum absolute atomic E-state index is 0.0745. The van der Waals surface area contributed by atoms with E-state index in [4.69, 9.17) is 0 Å². The molecule has 2 fully saturated rings. The van der Waals surface area contributed by atoms with Crippen molar-refractivity contribution in [2.45, 2.75) is 57.5 Å². The van der Waals surface area contributed by atoms with Crippen LogP contribution in [0.2, 0.25) is 0 Å². The molecule has 1 N–H and O–H groups in total. The van der Waals surface area contributed by atoms with Crippen LogP contribution in [0.3, 0.4) is 0 Å². The Bertz CT molecular complexity index is 970. The Hall–Kier alpha value is -2.63. The molecule has 3 aromatic rings. The Labute approximate surface area is 164 Å². The lowest BCUT2D eigenvalue weighted by atomic mass is 9.99. The van der Waals surface area contributed by atoms with Crippen molar-refractivity contribution < 1.29 is 4.79 Å². The first-order valence-electron chi connectivity index (χ1n) is 10.5. The molecule has 2 aliphatic rings. The number of H-pyrrole nitrogens is 1. The van der Waals surface area contributed by atoms with Crippen molar-refractivity contribution in [1.29, 1.82) is 0 Å². The van der Waals surface area contributed by atoms with E-state index in [9.17, 15) is 4.79 Å². The van der Waals surface area contributed by atoms with Crippen LogP contribution in [0.25, 0.3) is 10.9 Å². The van der Waals surface area contributed by atoms with Gasteiger partial charge in [-0.3, -0.25) is 4.79 Å². The van der Waals surface area contributed by atoms with Gasteiger partial charge in [0.15, 0.2) is 5.82 Å². The van der Waals surface area contributed by atoms with Gasteiger partial charge in [-0.1, -0.05) is 18.2 Å². The summed E-state index contributed by atoms with van der Waals surface area (Å²) in [5.41, 5.74) is 2.35. The van der Waals surface area contributed by atoms with Gasteiger partial charge in [-0.2, -0.15) is 0 Å². The zero-order chi connectivity index (χ0) is 18.9. The largest absolute Gasteiger partial charge is 0.361 e. The van der Waals surface area contributed by atoms with Crippen LogP contribution in [-0.2, 0) is 17.8 Å². The number of aryl methyl sites for hydroxylation is 1. The molecule has 1 saturated heterocycles. The van der Waals surface area contributed by atoms with E-state index in [1.165, 1.54) is 23.8 Å². The van der Waals surface area contributed by atoms with Crippen LogP contribution in [0, 0.1) is 5.92 Å². The highest BCUT2D eigenvalue weighted by Crippen LogP contribution is 2.34. The van der Waals surface area contributed by atoms with Gasteiger partial charge in [-0.05, 0) is 56.1 Å². The number of likely N-dealkylation sites (tertiary alicyclic amines) is 1. The second kappa shape index (κ2) is 7.41. The molecule has 6 heteroatoms. The Kier molecular flexibility index (Phi) is 4.63. The Morgan fingerprint density at radius 3 is 2.96 bits per heavy atom. The van der Waals surface area contributed by atoms with Gasteiger partial charge in [0.05, 0.1) is 6.04 Å². The number of aromatic amines is 1. The smallest absolute Gasteiger partial charge is 0.223 e. The van der Waals surface area contributed by atoms with Crippen LogP contribution in [0.4, 0.5) is 0 Å². The molecule has 6 nitrogen and oxygen atoms in total. The minimum atomic E-state index is 0.0745. The monoisotopic (exact) mass is 377 g/mol. The first-order valence-corrected chi connectivity index (χ1v) is 10.5. The Morgan fingerprint density at radius 1 is 1.18 bits per heavy atom. The summed E-state index contributed by atoms with van der Waals surface area (Å²) < 4.78 is 2.19. The van der Waals surface area contributed by atoms with Crippen molar-refractivity contribution >= 4 is 16.8 Å². The Balaban J connectivity index is 1.30. The zero-order valence-electron chi connectivity index (χ0n) is 16.2. The standard InChI is InChI=1S/C22H27N5O/c28-21(11-10-17-13-23-19-6-2-1-5-18(17)19)27-12-4-3-7-20(27)22-25-24-15-26(22)14-16-8-9-16/h1-2,5-6,13,15-16,20,23H,3-4,7-12,14H2. The molecule has 1 aromatic carbocycles. The van der Waals surface area contributed by atoms with Crippen LogP contribution in [0.5, 0.6) is 0 Å². The van der Waals surface area contributed by atoms with E-state index in [0.717, 1.165) is 56.0 Å². The van der Waals surface area contributed by atoms with E-state index >= 15 is 0 Å². The van der Waals surface area contributed by atoms with Crippen molar-refractivity contribution in [2.24, 2.45) is 5.92 Å². The van der Waals surface area contributed by atoms with Crippen molar-refractivity contribution in [3.8, 4) is 0 Å². The molecule has 1 unspecified atom stereocenters. The predicted octanol–water partition coefficient (Wildman–Crippen LogP) is 3.86. The summed E-state index contributed by atoms with van der Waals surface area (Å²) in [7, 11) is 0. The van der Waals surface area contributed by atoms with Gasteiger partial charge in [0.2, 0.25) is 5.91 Å². The van der Waals surface area contributed by atoms with Crippen molar-refractivity contribution in [1.82, 2.24) is 24.6 Å². The number of carbonyl (C=O) groups excluding carboxylic acids is 1. The number of para-hydroxylation sites is 1. The molecule has 1 amide bonds. The Morgan fingerprint density at radius 2 is 2.07 bits per heavy atom. The fraction of sp³-hybridized carbons (Fsp3) is 0.500. The van der Waals surface area contributed by atoms with Crippen LogP contribution < -0.4 is 0 Å². The first kappa shape index (κ1) is 17.5. The first-order chi connectivity index (χ1) is 13.8. The summed E-state index contributed by atoms with van der Waals surface area (Å²) in [6, 6.07) is 8.35. The molecule has 0 spiro atoms. The van der Waals surface area contributed by atoms with E-state index in [2.05, 4.69) is 42.8 Å². The fourth-order valence-electron chi connectivity index (χ4n) is 4.46. The van der Waals surface area contributed by atoms with Crippen LogP contribution in [0.15, 0.2) is 36.8 Å². The average molecular weight is 377 g/mol. The molecule has 1 aliphatic carbocycles.